The maximum atomic E-state index is 13.9. The van der Waals surface area contributed by atoms with Crippen molar-refractivity contribution in [3.8, 4) is 0 Å². The van der Waals surface area contributed by atoms with Gasteiger partial charge >= 0.3 is 0 Å². The highest BCUT2D eigenvalue weighted by atomic mass is 32.1. The van der Waals surface area contributed by atoms with Crippen LogP contribution in [-0.2, 0) is 0 Å². The van der Waals surface area contributed by atoms with Crippen LogP contribution in [0, 0.1) is 5.82 Å². The minimum Gasteiger partial charge on any atom is -0.389 e. The van der Waals surface area contributed by atoms with Crippen molar-refractivity contribution in [1.29, 1.82) is 0 Å². The summed E-state index contributed by atoms with van der Waals surface area (Å²) in [6.07, 6.45) is 0. The molecular formula is C15H22FN3S. The highest BCUT2D eigenvalue weighted by Crippen LogP contribution is 2.26. The molecule has 1 saturated heterocycles. The van der Waals surface area contributed by atoms with E-state index in [0.717, 1.165) is 31.9 Å². The number of hydrogen-bond donors (Lipinski definition) is 1. The minimum atomic E-state index is -0.340. The Bertz CT molecular complexity index is 502. The Morgan fingerprint density at radius 2 is 1.80 bits per heavy atom. The topological polar surface area (TPSA) is 32.5 Å². The van der Waals surface area contributed by atoms with Crippen LogP contribution in [0.15, 0.2) is 18.2 Å². The maximum absolute atomic E-state index is 13.9. The molecule has 0 saturated carbocycles. The standard InChI is InChI=1S/C15H22FN3S/c1-15(2,3)19-9-7-18(8-10-19)12-6-4-5-11(16)13(12)14(17)20/h4-6H,7-10H2,1-3H3,(H2,17,20). The first kappa shape index (κ1) is 15.2. The van der Waals surface area contributed by atoms with E-state index in [4.69, 9.17) is 18.0 Å². The first-order chi connectivity index (χ1) is 9.30. The van der Waals surface area contributed by atoms with Crippen LogP contribution in [0.3, 0.4) is 0 Å². The molecule has 0 spiro atoms. The van der Waals surface area contributed by atoms with Gasteiger partial charge in [0.1, 0.15) is 10.8 Å². The third-order valence-electron chi connectivity index (χ3n) is 3.81. The van der Waals surface area contributed by atoms with Crippen LogP contribution >= 0.6 is 12.2 Å². The van der Waals surface area contributed by atoms with Gasteiger partial charge in [0.25, 0.3) is 0 Å². The fourth-order valence-corrected chi connectivity index (χ4v) is 2.84. The molecule has 0 amide bonds. The molecule has 1 heterocycles. The van der Waals surface area contributed by atoms with Crippen LogP contribution in [0.5, 0.6) is 0 Å². The Morgan fingerprint density at radius 3 is 2.30 bits per heavy atom. The molecule has 5 heteroatoms. The third kappa shape index (κ3) is 3.10. The van der Waals surface area contributed by atoms with E-state index in [-0.39, 0.29) is 16.3 Å². The van der Waals surface area contributed by atoms with Gasteiger partial charge in [0.2, 0.25) is 0 Å². The molecule has 1 aromatic carbocycles. The molecule has 0 atom stereocenters. The SMILES string of the molecule is CC(C)(C)N1CCN(c2cccc(F)c2C(N)=S)CC1. The predicted octanol–water partition coefficient (Wildman–Crippen LogP) is 2.38. The number of rotatable bonds is 2. The van der Waals surface area contributed by atoms with Gasteiger partial charge in [-0.3, -0.25) is 4.90 Å². The summed E-state index contributed by atoms with van der Waals surface area (Å²) >= 11 is 4.99. The lowest BCUT2D eigenvalue weighted by Crippen LogP contribution is -2.53. The first-order valence-corrected chi connectivity index (χ1v) is 7.30. The Hall–Kier alpha value is -1.20. The van der Waals surface area contributed by atoms with Crippen molar-refractivity contribution in [2.24, 2.45) is 5.73 Å². The normalized spacial score (nSPS) is 17.3. The van der Waals surface area contributed by atoms with Crippen molar-refractivity contribution in [1.82, 2.24) is 4.90 Å². The van der Waals surface area contributed by atoms with E-state index in [2.05, 4.69) is 30.6 Å². The van der Waals surface area contributed by atoms with E-state index in [1.165, 1.54) is 6.07 Å². The Labute approximate surface area is 125 Å². The summed E-state index contributed by atoms with van der Waals surface area (Å²) in [5, 5.41) is 0. The highest BCUT2D eigenvalue weighted by molar-refractivity contribution is 7.80. The molecule has 20 heavy (non-hydrogen) atoms. The first-order valence-electron chi connectivity index (χ1n) is 6.89. The summed E-state index contributed by atoms with van der Waals surface area (Å²) in [7, 11) is 0. The van der Waals surface area contributed by atoms with Gasteiger partial charge in [0, 0.05) is 37.4 Å². The van der Waals surface area contributed by atoms with Crippen LogP contribution in [0.2, 0.25) is 0 Å². The zero-order valence-corrected chi connectivity index (χ0v) is 13.1. The summed E-state index contributed by atoms with van der Waals surface area (Å²) < 4.78 is 13.9. The molecule has 0 unspecified atom stereocenters. The van der Waals surface area contributed by atoms with Crippen LogP contribution in [0.25, 0.3) is 0 Å². The molecule has 0 bridgehead atoms. The Balaban J connectivity index is 2.19. The molecule has 1 aliphatic heterocycles. The fourth-order valence-electron chi connectivity index (χ4n) is 2.64. The molecule has 0 aromatic heterocycles. The smallest absolute Gasteiger partial charge is 0.135 e. The number of anilines is 1. The van der Waals surface area contributed by atoms with Gasteiger partial charge < -0.3 is 10.6 Å². The quantitative estimate of drug-likeness (QED) is 0.849. The molecular weight excluding hydrogens is 273 g/mol. The van der Waals surface area contributed by atoms with Crippen LogP contribution in [0.1, 0.15) is 26.3 Å². The summed E-state index contributed by atoms with van der Waals surface area (Å²) in [5.74, 6) is -0.340. The molecule has 1 aromatic rings. The van der Waals surface area contributed by atoms with Crippen molar-refractivity contribution in [2.75, 3.05) is 31.1 Å². The second kappa shape index (κ2) is 5.66. The monoisotopic (exact) mass is 295 g/mol. The summed E-state index contributed by atoms with van der Waals surface area (Å²) in [4.78, 5) is 4.72. The van der Waals surface area contributed by atoms with Gasteiger partial charge in [-0.15, -0.1) is 0 Å². The summed E-state index contributed by atoms with van der Waals surface area (Å²) in [6.45, 7) is 10.3. The van der Waals surface area contributed by atoms with E-state index in [9.17, 15) is 4.39 Å². The number of nitrogens with zero attached hydrogens (tertiary/aromatic N) is 2. The molecule has 0 aliphatic carbocycles. The molecule has 110 valence electrons. The van der Waals surface area contributed by atoms with Crippen molar-refractivity contribution < 1.29 is 4.39 Å². The van der Waals surface area contributed by atoms with E-state index in [1.807, 2.05) is 6.07 Å². The lowest BCUT2D eigenvalue weighted by molar-refractivity contribution is 0.128. The lowest BCUT2D eigenvalue weighted by atomic mass is 10.0. The molecule has 3 nitrogen and oxygen atoms in total. The number of hydrogen-bond acceptors (Lipinski definition) is 3. The third-order valence-corrected chi connectivity index (χ3v) is 4.01. The number of benzene rings is 1. The van der Waals surface area contributed by atoms with Crippen molar-refractivity contribution in [2.45, 2.75) is 26.3 Å². The number of nitrogens with two attached hydrogens (primary N) is 1. The predicted molar refractivity (Wildman–Crippen MR) is 85.8 cm³/mol. The Kier molecular flexibility index (Phi) is 4.30. The second-order valence-electron chi connectivity index (χ2n) is 6.14. The van der Waals surface area contributed by atoms with Gasteiger partial charge in [-0.2, -0.15) is 0 Å². The minimum absolute atomic E-state index is 0.122. The van der Waals surface area contributed by atoms with Gasteiger partial charge in [-0.25, -0.2) is 4.39 Å². The zero-order chi connectivity index (χ0) is 14.9. The van der Waals surface area contributed by atoms with E-state index >= 15 is 0 Å². The molecule has 2 N–H and O–H groups in total. The maximum Gasteiger partial charge on any atom is 0.135 e. The van der Waals surface area contributed by atoms with Crippen LogP contribution in [-0.4, -0.2) is 41.6 Å². The second-order valence-corrected chi connectivity index (χ2v) is 6.58. The highest BCUT2D eigenvalue weighted by Gasteiger charge is 2.27. The molecule has 1 fully saturated rings. The van der Waals surface area contributed by atoms with E-state index < -0.39 is 0 Å². The van der Waals surface area contributed by atoms with Crippen LogP contribution in [0.4, 0.5) is 10.1 Å². The van der Waals surface area contributed by atoms with Gasteiger partial charge in [0.15, 0.2) is 0 Å². The van der Waals surface area contributed by atoms with Gasteiger partial charge in [-0.05, 0) is 32.9 Å². The van der Waals surface area contributed by atoms with Crippen molar-refractivity contribution in [3.05, 3.63) is 29.6 Å². The van der Waals surface area contributed by atoms with Gasteiger partial charge in [-0.1, -0.05) is 18.3 Å². The van der Waals surface area contributed by atoms with Crippen LogP contribution < -0.4 is 10.6 Å². The summed E-state index contributed by atoms with van der Waals surface area (Å²) in [6, 6.07) is 5.01. The van der Waals surface area contributed by atoms with E-state index in [1.54, 1.807) is 6.07 Å². The number of halogens is 1. The van der Waals surface area contributed by atoms with E-state index in [0.29, 0.717) is 5.56 Å². The Morgan fingerprint density at radius 1 is 1.20 bits per heavy atom. The molecule has 0 radical (unpaired) electrons. The molecule has 1 aliphatic rings. The number of thiocarbonyl (C=S) groups is 1. The van der Waals surface area contributed by atoms with Crippen molar-refractivity contribution in [3.63, 3.8) is 0 Å². The zero-order valence-electron chi connectivity index (χ0n) is 12.3. The largest absolute Gasteiger partial charge is 0.389 e. The average molecular weight is 295 g/mol. The van der Waals surface area contributed by atoms with Gasteiger partial charge in [0.05, 0.1) is 5.56 Å². The fraction of sp³-hybridized carbons (Fsp3) is 0.533. The van der Waals surface area contributed by atoms with Crippen molar-refractivity contribution >= 4 is 22.9 Å². The summed E-state index contributed by atoms with van der Waals surface area (Å²) in [5.41, 5.74) is 7.02. The number of piperazine rings is 1. The average Bonchev–Trinajstić information content (AvgIpc) is 2.37. The molecule has 2 rings (SSSR count). The lowest BCUT2D eigenvalue weighted by Gasteiger charge is -2.43.